The van der Waals surface area contributed by atoms with Crippen molar-refractivity contribution in [1.82, 2.24) is 15.0 Å². The summed E-state index contributed by atoms with van der Waals surface area (Å²) in [6, 6.07) is 8.73. The number of aromatic nitrogens is 3. The van der Waals surface area contributed by atoms with Crippen LogP contribution in [0.25, 0.3) is 33.5 Å². The zero-order valence-electron chi connectivity index (χ0n) is 14.4. The van der Waals surface area contributed by atoms with Gasteiger partial charge in [0.05, 0.1) is 33.8 Å². The Kier molecular flexibility index (Phi) is 4.21. The summed E-state index contributed by atoms with van der Waals surface area (Å²) in [7, 11) is 0. The number of nitriles is 1. The summed E-state index contributed by atoms with van der Waals surface area (Å²) >= 11 is 6.17. The fourth-order valence-corrected chi connectivity index (χ4v) is 3.27. The second-order valence-corrected chi connectivity index (χ2v) is 6.65. The molecule has 4 aromatic rings. The highest BCUT2D eigenvalue weighted by atomic mass is 35.5. The maximum atomic E-state index is 15.0. The van der Waals surface area contributed by atoms with Crippen molar-refractivity contribution in [3.05, 3.63) is 74.7 Å². The minimum atomic E-state index is -1.01. The summed E-state index contributed by atoms with van der Waals surface area (Å²) in [5.41, 5.74) is 0.521. The zero-order chi connectivity index (χ0) is 20.0. The minimum absolute atomic E-state index is 0.00245. The Morgan fingerprint density at radius 1 is 1.18 bits per heavy atom. The van der Waals surface area contributed by atoms with Crippen LogP contribution in [0, 0.1) is 29.9 Å². The highest BCUT2D eigenvalue weighted by Gasteiger charge is 2.21. The van der Waals surface area contributed by atoms with Crippen LogP contribution in [-0.4, -0.2) is 15.0 Å². The van der Waals surface area contributed by atoms with Crippen molar-refractivity contribution in [2.45, 2.75) is 6.92 Å². The second kappa shape index (κ2) is 6.59. The van der Waals surface area contributed by atoms with Crippen LogP contribution < -0.4 is 5.43 Å². The van der Waals surface area contributed by atoms with Gasteiger partial charge in [0, 0.05) is 28.5 Å². The van der Waals surface area contributed by atoms with E-state index in [1.807, 2.05) is 6.07 Å². The van der Waals surface area contributed by atoms with Crippen molar-refractivity contribution in [3.8, 4) is 28.7 Å². The molecule has 0 unspecified atom stereocenters. The third-order valence-corrected chi connectivity index (χ3v) is 4.66. The fraction of sp³-hybridized carbons (Fsp3) is 0.0500. The molecule has 8 heteroatoms. The summed E-state index contributed by atoms with van der Waals surface area (Å²) in [6.45, 7) is 1.70. The molecule has 0 radical (unpaired) electrons. The van der Waals surface area contributed by atoms with Crippen LogP contribution in [0.3, 0.4) is 0 Å². The molecule has 2 N–H and O–H groups in total. The van der Waals surface area contributed by atoms with Crippen LogP contribution in [0.4, 0.5) is 8.78 Å². The Morgan fingerprint density at radius 3 is 2.64 bits per heavy atom. The highest BCUT2D eigenvalue weighted by Crippen LogP contribution is 2.31. The average molecular weight is 397 g/mol. The minimum Gasteiger partial charge on any atom is -0.354 e. The first-order valence-electron chi connectivity index (χ1n) is 8.16. The van der Waals surface area contributed by atoms with Gasteiger partial charge in [0.2, 0.25) is 0 Å². The molecule has 2 aromatic heterocycles. The number of hydrogen-bond donors (Lipinski definition) is 2. The van der Waals surface area contributed by atoms with Gasteiger partial charge in [-0.05, 0) is 31.2 Å². The number of imidazole rings is 1. The van der Waals surface area contributed by atoms with Gasteiger partial charge < -0.3 is 9.97 Å². The largest absolute Gasteiger partial charge is 0.354 e. The zero-order valence-corrected chi connectivity index (χ0v) is 15.2. The van der Waals surface area contributed by atoms with E-state index in [4.69, 9.17) is 16.9 Å². The lowest BCUT2D eigenvalue weighted by Crippen LogP contribution is -2.08. The summed E-state index contributed by atoms with van der Waals surface area (Å²) < 4.78 is 29.7. The Morgan fingerprint density at radius 2 is 1.96 bits per heavy atom. The summed E-state index contributed by atoms with van der Waals surface area (Å²) in [5, 5.41) is 9.07. The van der Waals surface area contributed by atoms with Crippen molar-refractivity contribution in [1.29, 1.82) is 5.26 Å². The number of aryl methyl sites for hydroxylation is 1. The summed E-state index contributed by atoms with van der Waals surface area (Å²) in [5.74, 6) is -1.87. The number of nitrogens with zero attached hydrogens (tertiary/aromatic N) is 2. The van der Waals surface area contributed by atoms with Crippen LogP contribution in [-0.2, 0) is 0 Å². The number of benzene rings is 2. The van der Waals surface area contributed by atoms with Crippen molar-refractivity contribution < 1.29 is 8.78 Å². The SMILES string of the molecule is Cc1cnc(-c2c(F)cc3[nH]c(-c4cc(C#N)ccc4Cl)cc(=O)c3c2F)[nH]1. The van der Waals surface area contributed by atoms with E-state index in [2.05, 4.69) is 15.0 Å². The number of aromatic amines is 2. The third kappa shape index (κ3) is 2.84. The summed E-state index contributed by atoms with van der Waals surface area (Å²) in [6.07, 6.45) is 1.44. The lowest BCUT2D eigenvalue weighted by molar-refractivity contribution is 0.595. The van der Waals surface area contributed by atoms with Gasteiger partial charge in [0.25, 0.3) is 0 Å². The topological polar surface area (TPSA) is 85.3 Å². The molecular formula is C20H11ClF2N4O. The van der Waals surface area contributed by atoms with Crippen LogP contribution in [0.15, 0.2) is 41.3 Å². The molecule has 0 atom stereocenters. The standard InChI is InChI=1S/C20H11ClF2N4O/c1-9-8-25-20(26-9)17-13(22)5-15-18(19(17)23)16(28)6-14(27-15)11-4-10(7-24)2-3-12(11)21/h2-6,8H,1H3,(H,25,26)(H,27,28). The molecule has 0 aliphatic heterocycles. The predicted molar refractivity (Wildman–Crippen MR) is 102 cm³/mol. The lowest BCUT2D eigenvalue weighted by atomic mass is 10.0. The van der Waals surface area contributed by atoms with E-state index in [-0.39, 0.29) is 27.4 Å². The first-order valence-corrected chi connectivity index (χ1v) is 8.54. The van der Waals surface area contributed by atoms with Crippen molar-refractivity contribution in [2.75, 3.05) is 0 Å². The van der Waals surface area contributed by atoms with Gasteiger partial charge >= 0.3 is 0 Å². The maximum Gasteiger partial charge on any atom is 0.193 e. The molecular weight excluding hydrogens is 386 g/mol. The van der Waals surface area contributed by atoms with Gasteiger partial charge in [-0.1, -0.05) is 11.6 Å². The smallest absolute Gasteiger partial charge is 0.193 e. The lowest BCUT2D eigenvalue weighted by Gasteiger charge is -2.10. The van der Waals surface area contributed by atoms with Crippen LogP contribution in [0.2, 0.25) is 5.02 Å². The van der Waals surface area contributed by atoms with Crippen LogP contribution in [0.1, 0.15) is 11.3 Å². The second-order valence-electron chi connectivity index (χ2n) is 6.24. The number of nitrogens with one attached hydrogen (secondary N) is 2. The van der Waals surface area contributed by atoms with Gasteiger partial charge in [-0.25, -0.2) is 13.8 Å². The number of hydrogen-bond acceptors (Lipinski definition) is 3. The van der Waals surface area contributed by atoms with Crippen LogP contribution >= 0.6 is 11.6 Å². The molecule has 0 aliphatic rings. The molecule has 0 amide bonds. The first kappa shape index (κ1) is 17.9. The number of pyridine rings is 1. The van der Waals surface area contributed by atoms with Crippen molar-refractivity contribution in [3.63, 3.8) is 0 Å². The third-order valence-electron chi connectivity index (χ3n) is 4.33. The molecule has 0 bridgehead atoms. The summed E-state index contributed by atoms with van der Waals surface area (Å²) in [4.78, 5) is 22.2. The molecule has 138 valence electrons. The highest BCUT2D eigenvalue weighted by molar-refractivity contribution is 6.33. The normalized spacial score (nSPS) is 11.0. The molecule has 5 nitrogen and oxygen atoms in total. The molecule has 0 spiro atoms. The molecule has 0 saturated carbocycles. The van der Waals surface area contributed by atoms with Crippen molar-refractivity contribution >= 4 is 22.5 Å². The molecule has 2 aromatic carbocycles. The predicted octanol–water partition coefficient (Wildman–Crippen LogP) is 4.70. The van der Waals surface area contributed by atoms with Crippen molar-refractivity contribution in [2.24, 2.45) is 0 Å². The monoisotopic (exact) mass is 396 g/mol. The van der Waals surface area contributed by atoms with E-state index in [9.17, 15) is 9.18 Å². The maximum absolute atomic E-state index is 15.0. The van der Waals surface area contributed by atoms with E-state index in [0.717, 1.165) is 6.07 Å². The van der Waals surface area contributed by atoms with E-state index < -0.39 is 22.6 Å². The number of halogens is 3. The number of rotatable bonds is 2. The van der Waals surface area contributed by atoms with Gasteiger partial charge in [-0.2, -0.15) is 5.26 Å². The van der Waals surface area contributed by atoms with Crippen LogP contribution in [0.5, 0.6) is 0 Å². The average Bonchev–Trinajstić information content (AvgIpc) is 3.07. The van der Waals surface area contributed by atoms with Gasteiger partial charge in [-0.15, -0.1) is 0 Å². The fourth-order valence-electron chi connectivity index (χ4n) is 3.05. The molecule has 4 rings (SSSR count). The van der Waals surface area contributed by atoms with E-state index in [0.29, 0.717) is 16.8 Å². The Labute approximate surface area is 162 Å². The molecule has 0 aliphatic carbocycles. The quantitative estimate of drug-likeness (QED) is 0.515. The molecule has 0 fully saturated rings. The first-order chi connectivity index (χ1) is 13.4. The molecule has 0 saturated heterocycles. The number of H-pyrrole nitrogens is 2. The van der Waals surface area contributed by atoms with Gasteiger partial charge in [0.15, 0.2) is 5.43 Å². The Balaban J connectivity index is 1.99. The molecule has 2 heterocycles. The molecule has 28 heavy (non-hydrogen) atoms. The Bertz CT molecular complexity index is 1350. The van der Waals surface area contributed by atoms with Gasteiger partial charge in [-0.3, -0.25) is 4.79 Å². The van der Waals surface area contributed by atoms with Gasteiger partial charge in [0.1, 0.15) is 17.5 Å². The van der Waals surface area contributed by atoms with E-state index in [1.54, 1.807) is 6.92 Å². The number of fused-ring (bicyclic) bond motifs is 1. The van der Waals surface area contributed by atoms with E-state index in [1.165, 1.54) is 30.5 Å². The Hall–Kier alpha value is -3.50. The van der Waals surface area contributed by atoms with E-state index >= 15 is 4.39 Å².